The Hall–Kier alpha value is -1.23. The SMILES string of the molecule is CC[C@H](C(=O)O)C(=O)c1cscn1. The molecule has 1 aromatic heterocycles. The second-order valence-corrected chi connectivity index (χ2v) is 3.26. The van der Waals surface area contributed by atoms with Gasteiger partial charge in [-0.25, -0.2) is 4.98 Å². The normalized spacial score (nSPS) is 12.4. The second kappa shape index (κ2) is 4.13. The Labute approximate surface area is 79.2 Å². The highest BCUT2D eigenvalue weighted by atomic mass is 32.1. The third kappa shape index (κ3) is 2.12. The van der Waals surface area contributed by atoms with Crippen LogP contribution in [0.4, 0.5) is 0 Å². The zero-order valence-corrected chi connectivity index (χ0v) is 7.87. The number of hydrogen-bond acceptors (Lipinski definition) is 4. The van der Waals surface area contributed by atoms with Crippen LogP contribution in [-0.4, -0.2) is 21.8 Å². The van der Waals surface area contributed by atoms with Crippen LogP contribution in [0.1, 0.15) is 23.8 Å². The molecule has 0 aromatic carbocycles. The van der Waals surface area contributed by atoms with Gasteiger partial charge in [0.25, 0.3) is 0 Å². The summed E-state index contributed by atoms with van der Waals surface area (Å²) in [6.07, 6.45) is 0.297. The highest BCUT2D eigenvalue weighted by Crippen LogP contribution is 2.12. The Morgan fingerprint density at radius 1 is 1.69 bits per heavy atom. The van der Waals surface area contributed by atoms with Crippen molar-refractivity contribution >= 4 is 23.1 Å². The first-order valence-electron chi connectivity index (χ1n) is 3.82. The van der Waals surface area contributed by atoms with E-state index >= 15 is 0 Å². The summed E-state index contributed by atoms with van der Waals surface area (Å²) in [5.41, 5.74) is 1.76. The highest BCUT2D eigenvalue weighted by molar-refractivity contribution is 7.07. The van der Waals surface area contributed by atoms with E-state index in [1.807, 2.05) is 0 Å². The minimum atomic E-state index is -1.08. The standard InChI is InChI=1S/C8H9NO3S/c1-2-5(8(11)12)7(10)6-3-13-4-9-6/h3-5H,2H2,1H3,(H,11,12)/t5-/m0/s1. The van der Waals surface area contributed by atoms with Gasteiger partial charge in [0, 0.05) is 5.38 Å². The zero-order valence-electron chi connectivity index (χ0n) is 7.06. The van der Waals surface area contributed by atoms with Crippen LogP contribution in [0.2, 0.25) is 0 Å². The van der Waals surface area contributed by atoms with Crippen molar-refractivity contribution in [3.8, 4) is 0 Å². The number of aliphatic carboxylic acids is 1. The molecule has 0 radical (unpaired) electrons. The molecular weight excluding hydrogens is 190 g/mol. The summed E-state index contributed by atoms with van der Waals surface area (Å²) in [4.78, 5) is 25.8. The third-order valence-electron chi connectivity index (χ3n) is 1.71. The van der Waals surface area contributed by atoms with Crippen LogP contribution in [0, 0.1) is 5.92 Å². The minimum Gasteiger partial charge on any atom is -0.481 e. The molecule has 4 nitrogen and oxygen atoms in total. The number of thiazole rings is 1. The van der Waals surface area contributed by atoms with Gasteiger partial charge in [0.2, 0.25) is 0 Å². The maximum Gasteiger partial charge on any atom is 0.314 e. The Bertz CT molecular complexity index is 307. The summed E-state index contributed by atoms with van der Waals surface area (Å²) in [6, 6.07) is 0. The van der Waals surface area contributed by atoms with Gasteiger partial charge in [-0.15, -0.1) is 11.3 Å². The number of rotatable bonds is 4. The van der Waals surface area contributed by atoms with Gasteiger partial charge in [-0.3, -0.25) is 9.59 Å². The summed E-state index contributed by atoms with van der Waals surface area (Å²) in [6.45, 7) is 1.67. The molecule has 0 spiro atoms. The number of carbonyl (C=O) groups is 2. The highest BCUT2D eigenvalue weighted by Gasteiger charge is 2.26. The molecule has 0 unspecified atom stereocenters. The van der Waals surface area contributed by atoms with E-state index in [0.717, 1.165) is 0 Å². The lowest BCUT2D eigenvalue weighted by atomic mass is 10.00. The van der Waals surface area contributed by atoms with Gasteiger partial charge in [-0.1, -0.05) is 6.92 Å². The van der Waals surface area contributed by atoms with Gasteiger partial charge in [-0.05, 0) is 6.42 Å². The van der Waals surface area contributed by atoms with Crippen molar-refractivity contribution in [3.05, 3.63) is 16.6 Å². The topological polar surface area (TPSA) is 67.3 Å². The van der Waals surface area contributed by atoms with Gasteiger partial charge in [-0.2, -0.15) is 0 Å². The van der Waals surface area contributed by atoms with Crippen LogP contribution in [0.15, 0.2) is 10.9 Å². The van der Waals surface area contributed by atoms with Gasteiger partial charge in [0.05, 0.1) is 5.51 Å². The number of aromatic nitrogens is 1. The lowest BCUT2D eigenvalue weighted by Crippen LogP contribution is -2.23. The van der Waals surface area contributed by atoms with Crippen LogP contribution in [0.3, 0.4) is 0 Å². The van der Waals surface area contributed by atoms with E-state index in [1.165, 1.54) is 16.8 Å². The number of ketones is 1. The van der Waals surface area contributed by atoms with Crippen LogP contribution >= 0.6 is 11.3 Å². The Balaban J connectivity index is 2.83. The van der Waals surface area contributed by atoms with Crippen molar-refractivity contribution in [3.63, 3.8) is 0 Å². The maximum absolute atomic E-state index is 11.4. The first kappa shape index (κ1) is 9.85. The van der Waals surface area contributed by atoms with E-state index < -0.39 is 17.7 Å². The molecule has 1 heterocycles. The molecule has 1 rings (SSSR count). The summed E-state index contributed by atoms with van der Waals surface area (Å²) >= 11 is 1.28. The monoisotopic (exact) mass is 199 g/mol. The number of carbonyl (C=O) groups excluding carboxylic acids is 1. The molecular formula is C8H9NO3S. The average Bonchev–Trinajstić information content (AvgIpc) is 2.56. The van der Waals surface area contributed by atoms with Crippen molar-refractivity contribution in [2.24, 2.45) is 5.92 Å². The summed E-state index contributed by atoms with van der Waals surface area (Å²) < 4.78 is 0. The quantitative estimate of drug-likeness (QED) is 0.588. The summed E-state index contributed by atoms with van der Waals surface area (Å²) in [5.74, 6) is -2.45. The van der Waals surface area contributed by atoms with E-state index in [0.29, 0.717) is 6.42 Å². The molecule has 0 bridgehead atoms. The van der Waals surface area contributed by atoms with E-state index in [4.69, 9.17) is 5.11 Å². The second-order valence-electron chi connectivity index (χ2n) is 2.54. The lowest BCUT2D eigenvalue weighted by Gasteiger charge is -2.05. The molecule has 0 saturated carbocycles. The van der Waals surface area contributed by atoms with Crippen LogP contribution in [0.25, 0.3) is 0 Å². The zero-order chi connectivity index (χ0) is 9.84. The molecule has 13 heavy (non-hydrogen) atoms. The average molecular weight is 199 g/mol. The van der Waals surface area contributed by atoms with Gasteiger partial charge in [0.15, 0.2) is 5.78 Å². The fourth-order valence-corrected chi connectivity index (χ4v) is 1.53. The molecule has 1 atom stereocenters. The first-order valence-corrected chi connectivity index (χ1v) is 4.76. The largest absolute Gasteiger partial charge is 0.481 e. The fraction of sp³-hybridized carbons (Fsp3) is 0.375. The fourth-order valence-electron chi connectivity index (χ4n) is 0.985. The molecule has 0 aliphatic rings. The van der Waals surface area contributed by atoms with E-state index in [-0.39, 0.29) is 5.69 Å². The van der Waals surface area contributed by atoms with Gasteiger partial charge >= 0.3 is 5.97 Å². The smallest absolute Gasteiger partial charge is 0.314 e. The first-order chi connectivity index (χ1) is 6.16. The Kier molecular flexibility index (Phi) is 3.13. The molecule has 0 aliphatic carbocycles. The summed E-state index contributed by atoms with van der Waals surface area (Å²) in [5, 5.41) is 10.3. The number of hydrogen-bond donors (Lipinski definition) is 1. The van der Waals surface area contributed by atoms with Crippen molar-refractivity contribution < 1.29 is 14.7 Å². The van der Waals surface area contributed by atoms with Crippen LogP contribution in [0.5, 0.6) is 0 Å². The van der Waals surface area contributed by atoms with Crippen molar-refractivity contribution in [2.75, 3.05) is 0 Å². The van der Waals surface area contributed by atoms with E-state index in [2.05, 4.69) is 4.98 Å². The molecule has 0 amide bonds. The molecule has 1 aromatic rings. The van der Waals surface area contributed by atoms with Gasteiger partial charge < -0.3 is 5.11 Å². The van der Waals surface area contributed by atoms with Crippen LogP contribution < -0.4 is 0 Å². The van der Waals surface area contributed by atoms with E-state index in [9.17, 15) is 9.59 Å². The third-order valence-corrected chi connectivity index (χ3v) is 2.29. The molecule has 5 heteroatoms. The minimum absolute atomic E-state index is 0.249. The molecule has 0 saturated heterocycles. The number of Topliss-reactive ketones (excluding diaryl/α,β-unsaturated/α-hetero) is 1. The molecule has 0 aliphatic heterocycles. The molecule has 70 valence electrons. The van der Waals surface area contributed by atoms with E-state index in [1.54, 1.807) is 12.3 Å². The Morgan fingerprint density at radius 3 is 2.77 bits per heavy atom. The number of nitrogens with zero attached hydrogens (tertiary/aromatic N) is 1. The number of carboxylic acids is 1. The van der Waals surface area contributed by atoms with Crippen molar-refractivity contribution in [1.29, 1.82) is 0 Å². The molecule has 1 N–H and O–H groups in total. The van der Waals surface area contributed by atoms with Gasteiger partial charge in [0.1, 0.15) is 11.6 Å². The predicted molar refractivity (Wildman–Crippen MR) is 47.9 cm³/mol. The number of carboxylic acid groups (broad SMARTS) is 1. The van der Waals surface area contributed by atoms with Crippen LogP contribution in [-0.2, 0) is 4.79 Å². The molecule has 0 fully saturated rings. The van der Waals surface area contributed by atoms with Crippen molar-refractivity contribution in [1.82, 2.24) is 4.98 Å². The predicted octanol–water partition coefficient (Wildman–Crippen LogP) is 1.44. The Morgan fingerprint density at radius 2 is 2.38 bits per heavy atom. The summed E-state index contributed by atoms with van der Waals surface area (Å²) in [7, 11) is 0. The lowest BCUT2D eigenvalue weighted by molar-refractivity contribution is -0.140. The van der Waals surface area contributed by atoms with Crippen molar-refractivity contribution in [2.45, 2.75) is 13.3 Å². The maximum atomic E-state index is 11.4.